The van der Waals surface area contributed by atoms with Crippen LogP contribution in [0.1, 0.15) is 15.9 Å². The Balaban J connectivity index is 1.47. The van der Waals surface area contributed by atoms with Crippen molar-refractivity contribution >= 4 is 38.8 Å². The highest BCUT2D eigenvalue weighted by molar-refractivity contribution is 7.92. The highest BCUT2D eigenvalue weighted by Crippen LogP contribution is 2.25. The van der Waals surface area contributed by atoms with Gasteiger partial charge in [0, 0.05) is 18.7 Å². The van der Waals surface area contributed by atoms with Gasteiger partial charge in [0.25, 0.3) is 15.9 Å². The zero-order valence-electron chi connectivity index (χ0n) is 16.9. The van der Waals surface area contributed by atoms with Gasteiger partial charge in [-0.15, -0.1) is 11.3 Å². The van der Waals surface area contributed by atoms with E-state index in [0.29, 0.717) is 17.1 Å². The first kappa shape index (κ1) is 20.8. The smallest absolute Gasteiger partial charge is 0.264 e. The molecular formula is C22H20N4O3S2. The van der Waals surface area contributed by atoms with Gasteiger partial charge in [-0.1, -0.05) is 23.8 Å². The van der Waals surface area contributed by atoms with Crippen molar-refractivity contribution in [3.63, 3.8) is 0 Å². The van der Waals surface area contributed by atoms with Crippen LogP contribution in [0.5, 0.6) is 0 Å². The third-order valence-electron chi connectivity index (χ3n) is 4.78. The number of sulfonamides is 1. The van der Waals surface area contributed by atoms with Gasteiger partial charge in [0.05, 0.1) is 21.2 Å². The molecule has 2 heterocycles. The Morgan fingerprint density at radius 2 is 1.77 bits per heavy atom. The molecule has 0 saturated carbocycles. The van der Waals surface area contributed by atoms with Crippen molar-refractivity contribution in [3.05, 3.63) is 83.2 Å². The molecule has 0 radical (unpaired) electrons. The van der Waals surface area contributed by atoms with Crippen LogP contribution in [-0.4, -0.2) is 31.6 Å². The van der Waals surface area contributed by atoms with E-state index in [1.807, 2.05) is 24.4 Å². The summed E-state index contributed by atoms with van der Waals surface area (Å²) in [5.74, 6) is 0.0800. The normalized spacial score (nSPS) is 11.3. The number of rotatable bonds is 6. The van der Waals surface area contributed by atoms with Gasteiger partial charge in [0.1, 0.15) is 0 Å². The van der Waals surface area contributed by atoms with E-state index in [1.165, 1.54) is 11.4 Å². The van der Waals surface area contributed by atoms with Crippen LogP contribution >= 0.6 is 11.3 Å². The molecule has 0 saturated heterocycles. The van der Waals surface area contributed by atoms with E-state index in [4.69, 9.17) is 0 Å². The largest absolute Gasteiger partial charge is 0.305 e. The highest BCUT2D eigenvalue weighted by atomic mass is 32.2. The lowest BCUT2D eigenvalue weighted by Crippen LogP contribution is -2.26. The van der Waals surface area contributed by atoms with Crippen molar-refractivity contribution in [2.45, 2.75) is 11.8 Å². The highest BCUT2D eigenvalue weighted by Gasteiger charge is 2.21. The van der Waals surface area contributed by atoms with Crippen LogP contribution in [0.3, 0.4) is 0 Å². The molecule has 2 aromatic carbocycles. The molecule has 9 heteroatoms. The first-order valence-electron chi connectivity index (χ1n) is 9.41. The van der Waals surface area contributed by atoms with Gasteiger partial charge in [-0.3, -0.25) is 14.2 Å². The minimum absolute atomic E-state index is 0.211. The molecule has 0 atom stereocenters. The first-order chi connectivity index (χ1) is 14.8. The lowest BCUT2D eigenvalue weighted by molar-refractivity contribution is 0.102. The molecule has 4 aromatic rings. The summed E-state index contributed by atoms with van der Waals surface area (Å²) in [5, 5.41) is 11.7. The van der Waals surface area contributed by atoms with Crippen LogP contribution in [0, 0.1) is 6.92 Å². The average molecular weight is 453 g/mol. The van der Waals surface area contributed by atoms with E-state index in [1.54, 1.807) is 65.9 Å². The molecule has 31 heavy (non-hydrogen) atoms. The second-order valence-electron chi connectivity index (χ2n) is 6.93. The van der Waals surface area contributed by atoms with E-state index in [-0.39, 0.29) is 10.8 Å². The number of amides is 1. The van der Waals surface area contributed by atoms with Crippen LogP contribution in [0.15, 0.2) is 77.0 Å². The monoisotopic (exact) mass is 452 g/mol. The minimum atomic E-state index is -3.69. The molecule has 158 valence electrons. The SMILES string of the molecule is Cc1ccc(S(=O)(=O)N(C)c2ccc(C(=O)Nc3cc(-c4cccs4)[nH]n3)cc2)cc1. The summed E-state index contributed by atoms with van der Waals surface area (Å²) >= 11 is 1.57. The molecule has 1 amide bonds. The van der Waals surface area contributed by atoms with Gasteiger partial charge in [-0.25, -0.2) is 8.42 Å². The van der Waals surface area contributed by atoms with Crippen molar-refractivity contribution in [2.24, 2.45) is 0 Å². The van der Waals surface area contributed by atoms with Gasteiger partial charge in [0.15, 0.2) is 5.82 Å². The molecule has 0 unspecified atom stereocenters. The van der Waals surface area contributed by atoms with Gasteiger partial charge in [-0.2, -0.15) is 5.10 Å². The Kier molecular flexibility index (Phi) is 5.62. The summed E-state index contributed by atoms with van der Waals surface area (Å²) in [4.78, 5) is 13.8. The Morgan fingerprint density at radius 3 is 2.42 bits per heavy atom. The summed E-state index contributed by atoms with van der Waals surface area (Å²) in [7, 11) is -2.20. The van der Waals surface area contributed by atoms with Crippen molar-refractivity contribution in [3.8, 4) is 10.6 Å². The van der Waals surface area contributed by atoms with Crippen LogP contribution in [0.25, 0.3) is 10.6 Å². The van der Waals surface area contributed by atoms with Gasteiger partial charge < -0.3 is 5.32 Å². The number of benzene rings is 2. The molecule has 4 rings (SSSR count). The molecule has 0 aliphatic carbocycles. The lowest BCUT2D eigenvalue weighted by Gasteiger charge is -2.20. The molecule has 7 nitrogen and oxygen atoms in total. The van der Waals surface area contributed by atoms with Crippen LogP contribution in [0.4, 0.5) is 11.5 Å². The number of aromatic amines is 1. The average Bonchev–Trinajstić information content (AvgIpc) is 3.45. The first-order valence-corrected chi connectivity index (χ1v) is 11.7. The fourth-order valence-electron chi connectivity index (χ4n) is 2.96. The van der Waals surface area contributed by atoms with Crippen molar-refractivity contribution in [2.75, 3.05) is 16.7 Å². The van der Waals surface area contributed by atoms with E-state index in [2.05, 4.69) is 15.5 Å². The standard InChI is InChI=1S/C22H20N4O3S2/c1-15-5-11-18(12-6-15)31(28,29)26(2)17-9-7-16(8-10-17)22(27)23-21-14-19(24-25-21)20-4-3-13-30-20/h3-14H,1-2H3,(H2,23,24,25,27). The molecule has 0 spiro atoms. The summed E-state index contributed by atoms with van der Waals surface area (Å²) in [6.45, 7) is 1.90. The van der Waals surface area contributed by atoms with Crippen molar-refractivity contribution in [1.82, 2.24) is 10.2 Å². The Labute approximate surface area is 184 Å². The van der Waals surface area contributed by atoms with Crippen molar-refractivity contribution < 1.29 is 13.2 Å². The molecule has 0 aliphatic heterocycles. The van der Waals surface area contributed by atoms with Crippen LogP contribution < -0.4 is 9.62 Å². The molecule has 0 bridgehead atoms. The van der Waals surface area contributed by atoms with Crippen LogP contribution in [0.2, 0.25) is 0 Å². The maximum absolute atomic E-state index is 12.8. The number of thiophene rings is 1. The lowest BCUT2D eigenvalue weighted by atomic mass is 10.2. The number of hydrogen-bond acceptors (Lipinski definition) is 5. The number of carbonyl (C=O) groups is 1. The fraction of sp³-hybridized carbons (Fsp3) is 0.0909. The van der Waals surface area contributed by atoms with Gasteiger partial charge in [-0.05, 0) is 54.8 Å². The molecular weight excluding hydrogens is 432 g/mol. The van der Waals surface area contributed by atoms with Gasteiger partial charge in [0.2, 0.25) is 0 Å². The summed E-state index contributed by atoms with van der Waals surface area (Å²) in [6.07, 6.45) is 0. The van der Waals surface area contributed by atoms with Crippen LogP contribution in [-0.2, 0) is 10.0 Å². The van der Waals surface area contributed by atoms with E-state index < -0.39 is 10.0 Å². The summed E-state index contributed by atoms with van der Waals surface area (Å²) in [5.41, 5.74) is 2.66. The number of H-pyrrole nitrogens is 1. The number of nitrogens with one attached hydrogen (secondary N) is 2. The van der Waals surface area contributed by atoms with E-state index in [0.717, 1.165) is 16.1 Å². The number of aryl methyl sites for hydroxylation is 1. The quantitative estimate of drug-likeness (QED) is 0.449. The van der Waals surface area contributed by atoms with E-state index >= 15 is 0 Å². The van der Waals surface area contributed by atoms with Crippen molar-refractivity contribution in [1.29, 1.82) is 0 Å². The third kappa shape index (κ3) is 4.37. The Bertz CT molecular complexity index is 1290. The number of anilines is 2. The zero-order valence-corrected chi connectivity index (χ0v) is 18.5. The Hall–Kier alpha value is -3.43. The number of nitrogens with zero attached hydrogens (tertiary/aromatic N) is 2. The minimum Gasteiger partial charge on any atom is -0.305 e. The molecule has 0 aliphatic rings. The van der Waals surface area contributed by atoms with Gasteiger partial charge >= 0.3 is 0 Å². The summed E-state index contributed by atoms with van der Waals surface area (Å²) < 4.78 is 26.9. The number of hydrogen-bond donors (Lipinski definition) is 2. The molecule has 2 N–H and O–H groups in total. The predicted octanol–water partition coefficient (Wildman–Crippen LogP) is 4.52. The number of carbonyl (C=O) groups excluding carboxylic acids is 1. The fourth-order valence-corrected chi connectivity index (χ4v) is 4.85. The molecule has 0 fully saturated rings. The van der Waals surface area contributed by atoms with E-state index in [9.17, 15) is 13.2 Å². The third-order valence-corrected chi connectivity index (χ3v) is 7.48. The zero-order chi connectivity index (χ0) is 22.0. The Morgan fingerprint density at radius 1 is 1.06 bits per heavy atom. The summed E-state index contributed by atoms with van der Waals surface area (Å²) in [6, 6.07) is 18.7. The topological polar surface area (TPSA) is 95.2 Å². The number of aromatic nitrogens is 2. The predicted molar refractivity (Wildman–Crippen MR) is 123 cm³/mol. The second kappa shape index (κ2) is 8.37. The maximum Gasteiger partial charge on any atom is 0.264 e. The maximum atomic E-state index is 12.8. The molecule has 2 aromatic heterocycles. The second-order valence-corrected chi connectivity index (χ2v) is 9.85.